The van der Waals surface area contributed by atoms with E-state index >= 15 is 0 Å². The first-order chi connectivity index (χ1) is 10.3. The molecule has 114 valence electrons. The average molecular weight is 303 g/mol. The van der Waals surface area contributed by atoms with Crippen molar-refractivity contribution < 1.29 is 4.74 Å². The summed E-state index contributed by atoms with van der Waals surface area (Å²) in [7, 11) is 0. The highest BCUT2D eigenvalue weighted by Gasteiger charge is 2.12. The van der Waals surface area contributed by atoms with Gasteiger partial charge in [0.2, 0.25) is 0 Å². The summed E-state index contributed by atoms with van der Waals surface area (Å²) >= 11 is 1.93. The summed E-state index contributed by atoms with van der Waals surface area (Å²) in [5.41, 5.74) is 1.33. The summed E-state index contributed by atoms with van der Waals surface area (Å²) in [6.45, 7) is 8.07. The predicted octanol–water partition coefficient (Wildman–Crippen LogP) is 4.60. The maximum Gasteiger partial charge on any atom is 0.119 e. The SMILES string of the molecule is CCNC(Cc1ccc(CC)s1)c1ccc(OCC)cc1. The van der Waals surface area contributed by atoms with Crippen LogP contribution >= 0.6 is 11.3 Å². The van der Waals surface area contributed by atoms with E-state index in [1.165, 1.54) is 15.3 Å². The highest BCUT2D eigenvalue weighted by molar-refractivity contribution is 7.11. The number of hydrogen-bond acceptors (Lipinski definition) is 3. The van der Waals surface area contributed by atoms with Crippen molar-refractivity contribution in [2.75, 3.05) is 13.2 Å². The van der Waals surface area contributed by atoms with Gasteiger partial charge >= 0.3 is 0 Å². The topological polar surface area (TPSA) is 21.3 Å². The lowest BCUT2D eigenvalue weighted by Gasteiger charge is -2.18. The molecule has 0 aliphatic rings. The van der Waals surface area contributed by atoms with Gasteiger partial charge < -0.3 is 10.1 Å². The molecule has 1 atom stereocenters. The Morgan fingerprint density at radius 3 is 2.29 bits per heavy atom. The zero-order valence-electron chi connectivity index (χ0n) is 13.2. The van der Waals surface area contributed by atoms with E-state index in [9.17, 15) is 0 Å². The normalized spacial score (nSPS) is 12.3. The van der Waals surface area contributed by atoms with Gasteiger partial charge in [-0.3, -0.25) is 0 Å². The first-order valence-corrected chi connectivity index (χ1v) is 8.62. The van der Waals surface area contributed by atoms with Gasteiger partial charge in [0.15, 0.2) is 0 Å². The third-order valence-corrected chi connectivity index (χ3v) is 4.77. The number of ether oxygens (including phenoxy) is 1. The zero-order valence-corrected chi connectivity index (χ0v) is 14.0. The molecule has 2 rings (SSSR count). The molecule has 3 heteroatoms. The monoisotopic (exact) mass is 303 g/mol. The van der Waals surface area contributed by atoms with Crippen LogP contribution in [-0.4, -0.2) is 13.2 Å². The van der Waals surface area contributed by atoms with Crippen molar-refractivity contribution in [2.24, 2.45) is 0 Å². The van der Waals surface area contributed by atoms with E-state index in [-0.39, 0.29) is 0 Å². The largest absolute Gasteiger partial charge is 0.494 e. The van der Waals surface area contributed by atoms with Crippen LogP contribution in [0.15, 0.2) is 36.4 Å². The van der Waals surface area contributed by atoms with Crippen LogP contribution in [-0.2, 0) is 12.8 Å². The van der Waals surface area contributed by atoms with Crippen LogP contribution in [0, 0.1) is 0 Å². The van der Waals surface area contributed by atoms with Crippen molar-refractivity contribution in [3.05, 3.63) is 51.7 Å². The Morgan fingerprint density at radius 1 is 1.00 bits per heavy atom. The zero-order chi connectivity index (χ0) is 15.1. The number of aryl methyl sites for hydroxylation is 1. The predicted molar refractivity (Wildman–Crippen MR) is 91.4 cm³/mol. The van der Waals surface area contributed by atoms with Gasteiger partial charge in [0.05, 0.1) is 6.61 Å². The Balaban J connectivity index is 2.10. The molecular weight excluding hydrogens is 278 g/mol. The second kappa shape index (κ2) is 8.20. The molecule has 2 aromatic rings. The van der Waals surface area contributed by atoms with E-state index in [1.807, 2.05) is 18.3 Å². The summed E-state index contributed by atoms with van der Waals surface area (Å²) < 4.78 is 5.52. The number of benzene rings is 1. The van der Waals surface area contributed by atoms with Crippen molar-refractivity contribution in [3.8, 4) is 5.75 Å². The van der Waals surface area contributed by atoms with Crippen LogP contribution in [0.3, 0.4) is 0 Å². The van der Waals surface area contributed by atoms with Gasteiger partial charge in [0.1, 0.15) is 5.75 Å². The third kappa shape index (κ3) is 4.58. The van der Waals surface area contributed by atoms with Crippen LogP contribution in [0.5, 0.6) is 5.75 Å². The van der Waals surface area contributed by atoms with E-state index < -0.39 is 0 Å². The molecule has 0 saturated heterocycles. The molecule has 1 N–H and O–H groups in total. The Hall–Kier alpha value is -1.32. The molecule has 1 unspecified atom stereocenters. The van der Waals surface area contributed by atoms with E-state index in [2.05, 4.69) is 55.6 Å². The van der Waals surface area contributed by atoms with Crippen LogP contribution in [0.25, 0.3) is 0 Å². The van der Waals surface area contributed by atoms with Gasteiger partial charge in [-0.05, 0) is 49.7 Å². The maximum absolute atomic E-state index is 5.52. The minimum absolute atomic E-state index is 0.369. The molecular formula is C18H25NOS. The Bertz CT molecular complexity index is 532. The van der Waals surface area contributed by atoms with Crippen molar-refractivity contribution in [3.63, 3.8) is 0 Å². The standard InChI is InChI=1S/C18H25NOS/c1-4-16-11-12-17(21-16)13-18(19-5-2)14-7-9-15(10-8-14)20-6-3/h7-12,18-19H,4-6,13H2,1-3H3. The smallest absolute Gasteiger partial charge is 0.119 e. The molecule has 1 heterocycles. The first-order valence-electron chi connectivity index (χ1n) is 7.80. The van der Waals surface area contributed by atoms with Crippen LogP contribution < -0.4 is 10.1 Å². The Morgan fingerprint density at radius 2 is 1.71 bits per heavy atom. The summed E-state index contributed by atoms with van der Waals surface area (Å²) in [5.74, 6) is 0.945. The summed E-state index contributed by atoms with van der Waals surface area (Å²) in [6.07, 6.45) is 2.17. The number of thiophene rings is 1. The molecule has 0 amide bonds. The Kier molecular flexibility index (Phi) is 6.27. The van der Waals surface area contributed by atoms with Crippen molar-refractivity contribution in [2.45, 2.75) is 39.7 Å². The molecule has 0 aliphatic carbocycles. The van der Waals surface area contributed by atoms with E-state index in [1.54, 1.807) is 0 Å². The summed E-state index contributed by atoms with van der Waals surface area (Å²) in [4.78, 5) is 2.92. The van der Waals surface area contributed by atoms with Gasteiger partial charge in [-0.2, -0.15) is 0 Å². The van der Waals surface area contributed by atoms with Gasteiger partial charge in [-0.25, -0.2) is 0 Å². The van der Waals surface area contributed by atoms with Crippen LogP contribution in [0.1, 0.15) is 42.1 Å². The first kappa shape index (κ1) is 16.1. The van der Waals surface area contributed by atoms with Crippen molar-refractivity contribution in [1.29, 1.82) is 0 Å². The van der Waals surface area contributed by atoms with Crippen molar-refractivity contribution in [1.82, 2.24) is 5.32 Å². The van der Waals surface area contributed by atoms with Crippen LogP contribution in [0.4, 0.5) is 0 Å². The second-order valence-electron chi connectivity index (χ2n) is 5.04. The van der Waals surface area contributed by atoms with Crippen molar-refractivity contribution >= 4 is 11.3 Å². The lowest BCUT2D eigenvalue weighted by atomic mass is 10.0. The molecule has 0 fully saturated rings. The maximum atomic E-state index is 5.52. The molecule has 0 aliphatic heterocycles. The minimum atomic E-state index is 0.369. The van der Waals surface area contributed by atoms with Gasteiger partial charge in [-0.1, -0.05) is 26.0 Å². The molecule has 1 aromatic heterocycles. The quantitative estimate of drug-likeness (QED) is 0.769. The highest BCUT2D eigenvalue weighted by Crippen LogP contribution is 2.25. The molecule has 0 radical (unpaired) electrons. The molecule has 2 nitrogen and oxygen atoms in total. The van der Waals surface area contributed by atoms with Gasteiger partial charge in [0.25, 0.3) is 0 Å². The molecule has 0 spiro atoms. The minimum Gasteiger partial charge on any atom is -0.494 e. The fourth-order valence-corrected chi connectivity index (χ4v) is 3.44. The molecule has 0 bridgehead atoms. The fourth-order valence-electron chi connectivity index (χ4n) is 2.44. The van der Waals surface area contributed by atoms with Crippen LogP contribution in [0.2, 0.25) is 0 Å². The van der Waals surface area contributed by atoms with E-state index in [4.69, 9.17) is 4.74 Å². The lowest BCUT2D eigenvalue weighted by Crippen LogP contribution is -2.22. The molecule has 1 aromatic carbocycles. The van der Waals surface area contributed by atoms with E-state index in [0.717, 1.165) is 25.1 Å². The number of likely N-dealkylation sites (N-methyl/N-ethyl adjacent to an activating group) is 1. The lowest BCUT2D eigenvalue weighted by molar-refractivity contribution is 0.340. The van der Waals surface area contributed by atoms with Gasteiger partial charge in [-0.15, -0.1) is 11.3 Å². The van der Waals surface area contributed by atoms with Gasteiger partial charge in [0, 0.05) is 22.2 Å². The number of rotatable bonds is 8. The van der Waals surface area contributed by atoms with E-state index in [0.29, 0.717) is 12.6 Å². The molecule has 0 saturated carbocycles. The number of nitrogens with one attached hydrogen (secondary N) is 1. The Labute approximate surface area is 132 Å². The molecule has 21 heavy (non-hydrogen) atoms. The third-order valence-electron chi connectivity index (χ3n) is 3.52. The number of hydrogen-bond donors (Lipinski definition) is 1. The summed E-state index contributed by atoms with van der Waals surface area (Å²) in [5, 5.41) is 3.59. The fraction of sp³-hybridized carbons (Fsp3) is 0.444. The average Bonchev–Trinajstić information content (AvgIpc) is 2.96. The second-order valence-corrected chi connectivity index (χ2v) is 6.29. The highest BCUT2D eigenvalue weighted by atomic mass is 32.1. The summed E-state index contributed by atoms with van der Waals surface area (Å²) in [6, 6.07) is 13.4.